The summed E-state index contributed by atoms with van der Waals surface area (Å²) in [6.45, 7) is 1.18. The van der Waals surface area contributed by atoms with Crippen LogP contribution in [0, 0.1) is 0 Å². The molecule has 1 aromatic carbocycles. The van der Waals surface area contributed by atoms with Gasteiger partial charge in [-0.3, -0.25) is 4.79 Å². The Kier molecular flexibility index (Phi) is 4.51. The molecule has 5 heteroatoms. The van der Waals surface area contributed by atoms with Gasteiger partial charge < -0.3 is 14.6 Å². The second-order valence-corrected chi connectivity index (χ2v) is 3.49. The van der Waals surface area contributed by atoms with Gasteiger partial charge in [-0.05, 0) is 17.7 Å². The van der Waals surface area contributed by atoms with Crippen LogP contribution in [-0.4, -0.2) is 30.3 Å². The van der Waals surface area contributed by atoms with Crippen LogP contribution in [-0.2, 0) is 20.7 Å². The van der Waals surface area contributed by atoms with E-state index in [2.05, 4.69) is 0 Å². The summed E-state index contributed by atoms with van der Waals surface area (Å²) in [6.07, 6.45) is -1.05. The van der Waals surface area contributed by atoms with Crippen molar-refractivity contribution >= 4 is 11.9 Å². The minimum atomic E-state index is -1.17. The molecular formula is C12H14O5. The monoisotopic (exact) mass is 238 g/mol. The number of hydrogen-bond acceptors (Lipinski definition) is 4. The van der Waals surface area contributed by atoms with Gasteiger partial charge in [0.2, 0.25) is 6.10 Å². The summed E-state index contributed by atoms with van der Waals surface area (Å²) >= 11 is 0. The van der Waals surface area contributed by atoms with E-state index in [1.807, 2.05) is 0 Å². The summed E-state index contributed by atoms with van der Waals surface area (Å²) in [6, 6.07) is 6.97. The zero-order valence-corrected chi connectivity index (χ0v) is 9.67. The van der Waals surface area contributed by atoms with Crippen LogP contribution in [0.15, 0.2) is 24.3 Å². The van der Waals surface area contributed by atoms with E-state index in [-0.39, 0.29) is 6.42 Å². The Morgan fingerprint density at radius 3 is 2.65 bits per heavy atom. The molecular weight excluding hydrogens is 224 g/mol. The molecule has 0 aromatic heterocycles. The Morgan fingerprint density at radius 2 is 2.12 bits per heavy atom. The van der Waals surface area contributed by atoms with E-state index in [0.29, 0.717) is 5.75 Å². The van der Waals surface area contributed by atoms with Gasteiger partial charge in [-0.1, -0.05) is 12.1 Å². The smallest absolute Gasteiger partial charge is 0.345 e. The van der Waals surface area contributed by atoms with Crippen LogP contribution in [0.3, 0.4) is 0 Å². The molecule has 0 saturated heterocycles. The Balaban J connectivity index is 2.78. The fraction of sp³-hybridized carbons (Fsp3) is 0.333. The van der Waals surface area contributed by atoms with Crippen molar-refractivity contribution in [2.24, 2.45) is 0 Å². The van der Waals surface area contributed by atoms with Gasteiger partial charge in [0.05, 0.1) is 7.11 Å². The first-order valence-corrected chi connectivity index (χ1v) is 5.06. The Hall–Kier alpha value is -2.04. The lowest BCUT2D eigenvalue weighted by molar-refractivity contribution is -0.162. The van der Waals surface area contributed by atoms with Gasteiger partial charge in [-0.2, -0.15) is 0 Å². The van der Waals surface area contributed by atoms with E-state index in [1.54, 1.807) is 24.3 Å². The molecule has 0 fully saturated rings. The minimum Gasteiger partial charge on any atom is -0.497 e. The van der Waals surface area contributed by atoms with Gasteiger partial charge in [0.15, 0.2) is 0 Å². The summed E-state index contributed by atoms with van der Waals surface area (Å²) < 4.78 is 9.73. The standard InChI is InChI=1S/C12H14O5/c1-8(13)17-11(12(14)15)7-9-4-3-5-10(6-9)16-2/h3-6,11H,7H2,1-2H3,(H,14,15). The third-order valence-corrected chi connectivity index (χ3v) is 2.14. The molecule has 1 N–H and O–H groups in total. The molecule has 0 saturated carbocycles. The van der Waals surface area contributed by atoms with E-state index >= 15 is 0 Å². The minimum absolute atomic E-state index is 0.117. The van der Waals surface area contributed by atoms with E-state index in [1.165, 1.54) is 14.0 Å². The third kappa shape index (κ3) is 4.14. The molecule has 1 rings (SSSR count). The summed E-state index contributed by atoms with van der Waals surface area (Å²) in [5.74, 6) is -1.14. The molecule has 0 bridgehead atoms. The largest absolute Gasteiger partial charge is 0.497 e. The average molecular weight is 238 g/mol. The highest BCUT2D eigenvalue weighted by atomic mass is 16.6. The summed E-state index contributed by atoms with van der Waals surface area (Å²) in [4.78, 5) is 21.6. The van der Waals surface area contributed by atoms with Crippen molar-refractivity contribution in [1.29, 1.82) is 0 Å². The van der Waals surface area contributed by atoms with E-state index in [4.69, 9.17) is 14.6 Å². The molecule has 0 spiro atoms. The first-order chi connectivity index (χ1) is 8.02. The molecule has 1 atom stereocenters. The number of carboxylic acids is 1. The molecule has 0 aliphatic carbocycles. The van der Waals surface area contributed by atoms with Crippen LogP contribution >= 0.6 is 0 Å². The summed E-state index contributed by atoms with van der Waals surface area (Å²) in [7, 11) is 1.53. The number of rotatable bonds is 5. The Labute approximate surface area is 99.0 Å². The Bertz CT molecular complexity index is 413. The van der Waals surface area contributed by atoms with Gasteiger partial charge in [0, 0.05) is 13.3 Å². The lowest BCUT2D eigenvalue weighted by atomic mass is 10.1. The van der Waals surface area contributed by atoms with Crippen LogP contribution in [0.5, 0.6) is 5.75 Å². The van der Waals surface area contributed by atoms with Crippen molar-refractivity contribution in [3.8, 4) is 5.75 Å². The highest BCUT2D eigenvalue weighted by molar-refractivity contribution is 5.77. The summed E-state index contributed by atoms with van der Waals surface area (Å²) in [5.41, 5.74) is 0.734. The molecule has 17 heavy (non-hydrogen) atoms. The number of methoxy groups -OCH3 is 1. The second-order valence-electron chi connectivity index (χ2n) is 3.49. The zero-order chi connectivity index (χ0) is 12.8. The van der Waals surface area contributed by atoms with Crippen molar-refractivity contribution in [2.75, 3.05) is 7.11 Å². The van der Waals surface area contributed by atoms with Crippen molar-refractivity contribution in [1.82, 2.24) is 0 Å². The molecule has 0 heterocycles. The molecule has 5 nitrogen and oxygen atoms in total. The molecule has 0 aliphatic rings. The predicted octanol–water partition coefficient (Wildman–Crippen LogP) is 1.25. The maximum absolute atomic E-state index is 10.9. The average Bonchev–Trinajstić information content (AvgIpc) is 2.27. The molecule has 1 unspecified atom stereocenters. The summed E-state index contributed by atoms with van der Waals surface area (Å²) in [5, 5.41) is 8.90. The van der Waals surface area contributed by atoms with Crippen molar-refractivity contribution in [2.45, 2.75) is 19.4 Å². The van der Waals surface area contributed by atoms with Crippen LogP contribution in [0.2, 0.25) is 0 Å². The maximum Gasteiger partial charge on any atom is 0.345 e. The number of carbonyl (C=O) groups is 2. The number of aliphatic carboxylic acids is 1. The van der Waals surface area contributed by atoms with E-state index < -0.39 is 18.0 Å². The lowest BCUT2D eigenvalue weighted by Crippen LogP contribution is -2.28. The number of ether oxygens (including phenoxy) is 2. The van der Waals surface area contributed by atoms with Crippen molar-refractivity contribution in [3.05, 3.63) is 29.8 Å². The van der Waals surface area contributed by atoms with Gasteiger partial charge >= 0.3 is 11.9 Å². The van der Waals surface area contributed by atoms with Crippen LogP contribution in [0.4, 0.5) is 0 Å². The van der Waals surface area contributed by atoms with Crippen LogP contribution in [0.1, 0.15) is 12.5 Å². The second kappa shape index (κ2) is 5.89. The van der Waals surface area contributed by atoms with Gasteiger partial charge in [0.25, 0.3) is 0 Å². The predicted molar refractivity (Wildman–Crippen MR) is 59.9 cm³/mol. The maximum atomic E-state index is 10.9. The molecule has 0 aliphatic heterocycles. The number of carbonyl (C=O) groups excluding carboxylic acids is 1. The van der Waals surface area contributed by atoms with Crippen molar-refractivity contribution in [3.63, 3.8) is 0 Å². The topological polar surface area (TPSA) is 72.8 Å². The fourth-order valence-electron chi connectivity index (χ4n) is 1.39. The van der Waals surface area contributed by atoms with E-state index in [9.17, 15) is 9.59 Å². The lowest BCUT2D eigenvalue weighted by Gasteiger charge is -2.12. The fourth-order valence-corrected chi connectivity index (χ4v) is 1.39. The van der Waals surface area contributed by atoms with E-state index in [0.717, 1.165) is 5.56 Å². The quantitative estimate of drug-likeness (QED) is 0.781. The van der Waals surface area contributed by atoms with Gasteiger partial charge in [0.1, 0.15) is 5.75 Å². The van der Waals surface area contributed by atoms with Gasteiger partial charge in [-0.15, -0.1) is 0 Å². The van der Waals surface area contributed by atoms with Crippen LogP contribution in [0.25, 0.3) is 0 Å². The molecule has 1 aromatic rings. The molecule has 0 radical (unpaired) electrons. The SMILES string of the molecule is COc1cccc(CC(OC(C)=O)C(=O)O)c1. The third-order valence-electron chi connectivity index (χ3n) is 2.14. The number of esters is 1. The van der Waals surface area contributed by atoms with Crippen LogP contribution < -0.4 is 4.74 Å². The number of carboxylic acid groups (broad SMARTS) is 1. The molecule has 0 amide bonds. The highest BCUT2D eigenvalue weighted by Crippen LogP contribution is 2.15. The zero-order valence-electron chi connectivity index (χ0n) is 9.67. The van der Waals surface area contributed by atoms with Gasteiger partial charge in [-0.25, -0.2) is 4.79 Å². The normalized spacial score (nSPS) is 11.6. The first-order valence-electron chi connectivity index (χ1n) is 5.06. The first kappa shape index (κ1) is 13.0. The Morgan fingerprint density at radius 1 is 1.41 bits per heavy atom. The molecule has 92 valence electrons. The number of benzene rings is 1. The number of hydrogen-bond donors (Lipinski definition) is 1. The van der Waals surface area contributed by atoms with Crippen molar-refractivity contribution < 1.29 is 24.2 Å². The highest BCUT2D eigenvalue weighted by Gasteiger charge is 2.21.